The smallest absolute Gasteiger partial charge is 1.00 e. The third-order valence-corrected chi connectivity index (χ3v) is 0. The molecule has 0 aliphatic rings. The fourth-order valence-corrected chi connectivity index (χ4v) is 0. The zero-order valence-electron chi connectivity index (χ0n) is 3.34. The molecule has 0 spiro atoms. The quantitative estimate of drug-likeness (QED) is 0.325. The summed E-state index contributed by atoms with van der Waals surface area (Å²) in [6, 6.07) is 0. The van der Waals surface area contributed by atoms with E-state index in [0.717, 1.165) is 0 Å². The molecule has 0 aliphatic heterocycles. The van der Waals surface area contributed by atoms with E-state index in [1.165, 1.54) is 0 Å². The molecule has 0 saturated heterocycles. The van der Waals surface area contributed by atoms with Crippen LogP contribution in [0.2, 0.25) is 0 Å². The third-order valence-electron chi connectivity index (χ3n) is 0. The van der Waals surface area contributed by atoms with Crippen LogP contribution in [0.4, 0.5) is 0 Å². The molecule has 0 aliphatic carbocycles. The summed E-state index contributed by atoms with van der Waals surface area (Å²) in [4.78, 5) is 0. The molecule has 1 nitrogen and oxygen atoms in total. The van der Waals surface area contributed by atoms with Gasteiger partial charge in [0.1, 0.15) is 0 Å². The zero-order chi connectivity index (χ0) is 0. The number of hydrogen-bond donors (Lipinski definition) is 0. The van der Waals surface area contributed by atoms with Crippen LogP contribution in [0, 0.1) is 0 Å². The Hall–Kier alpha value is 2.60. The third kappa shape index (κ3) is 30.6. The van der Waals surface area contributed by atoms with Gasteiger partial charge in [0.05, 0.1) is 0 Å². The molecule has 0 aromatic heterocycles. The van der Waals surface area contributed by atoms with E-state index < -0.39 is 0 Å². The van der Waals surface area contributed by atoms with Crippen molar-refractivity contribution in [2.75, 3.05) is 0 Å². The van der Waals surface area contributed by atoms with Gasteiger partial charge in [-0.05, 0) is 0 Å². The molecule has 0 aromatic rings. The van der Waals surface area contributed by atoms with Crippen LogP contribution < -0.4 is 66.8 Å². The fourth-order valence-electron chi connectivity index (χ4n) is 0. The summed E-state index contributed by atoms with van der Waals surface area (Å²) in [5.41, 5.74) is 0. The topological polar surface area (TPSA) is 31.5 Å². The van der Waals surface area contributed by atoms with Gasteiger partial charge in [0.25, 0.3) is 0 Å². The van der Waals surface area contributed by atoms with Gasteiger partial charge in [0, 0.05) is 0 Å². The molecule has 0 saturated carbocycles. The standard InChI is InChI=1S/3ClH.Mg.Na.H2O/h3*1H;;;1H2/q;;;+2;+1;/p-3. The molecule has 0 rings (SSSR count). The minimum absolute atomic E-state index is 0. The second-order valence-corrected chi connectivity index (χ2v) is 0. The van der Waals surface area contributed by atoms with Gasteiger partial charge in [-0.3, -0.25) is 0 Å². The summed E-state index contributed by atoms with van der Waals surface area (Å²) in [7, 11) is 0. The molecule has 0 amide bonds. The summed E-state index contributed by atoms with van der Waals surface area (Å²) >= 11 is 0. The Kier molecular flexibility index (Phi) is 601. The molecule has 32 valence electrons. The molecule has 0 atom stereocenters. The van der Waals surface area contributed by atoms with Crippen LogP contribution in [0.1, 0.15) is 0 Å². The van der Waals surface area contributed by atoms with Gasteiger partial charge in [0.15, 0.2) is 0 Å². The van der Waals surface area contributed by atoms with E-state index in [1.807, 2.05) is 0 Å². The minimum Gasteiger partial charge on any atom is -1.00 e. The maximum atomic E-state index is 0. The van der Waals surface area contributed by atoms with Gasteiger partial charge < -0.3 is 42.7 Å². The minimum atomic E-state index is 0. The van der Waals surface area contributed by atoms with E-state index in [1.54, 1.807) is 0 Å². The van der Waals surface area contributed by atoms with Crippen LogP contribution in [-0.4, -0.2) is 28.5 Å². The Morgan fingerprint density at radius 2 is 0.667 bits per heavy atom. The van der Waals surface area contributed by atoms with Crippen molar-refractivity contribution < 1.29 is 72.3 Å². The fraction of sp³-hybridized carbons (Fsp3) is 0. The van der Waals surface area contributed by atoms with Crippen molar-refractivity contribution >= 4 is 23.1 Å². The van der Waals surface area contributed by atoms with E-state index in [9.17, 15) is 0 Å². The van der Waals surface area contributed by atoms with E-state index in [0.29, 0.717) is 0 Å². The first-order valence-electron chi connectivity index (χ1n) is 0. The van der Waals surface area contributed by atoms with Gasteiger partial charge >= 0.3 is 52.6 Å². The Bertz CT molecular complexity index is 10.8. The molecule has 6 heavy (non-hydrogen) atoms. The summed E-state index contributed by atoms with van der Waals surface area (Å²) in [6.45, 7) is 0. The summed E-state index contributed by atoms with van der Waals surface area (Å²) in [6.07, 6.45) is 0. The molecule has 6 heteroatoms. The molecular weight excluding hydrogens is 170 g/mol. The molecule has 0 aromatic carbocycles. The SMILES string of the molecule is O.[Cl-].[Cl-].[Cl-].[Mg+2].[Na+]. The van der Waals surface area contributed by atoms with Crippen LogP contribution in [0.15, 0.2) is 0 Å². The van der Waals surface area contributed by atoms with Crippen LogP contribution in [0.5, 0.6) is 0 Å². The molecular formula is H2Cl3MgNaO. The summed E-state index contributed by atoms with van der Waals surface area (Å²) in [5.74, 6) is 0. The molecule has 0 unspecified atom stereocenters. The first kappa shape index (κ1) is 73.6. The van der Waals surface area contributed by atoms with Crippen LogP contribution >= 0.6 is 0 Å². The van der Waals surface area contributed by atoms with Crippen LogP contribution in [0.3, 0.4) is 0 Å². The molecule has 0 fully saturated rings. The zero-order valence-corrected chi connectivity index (χ0v) is 9.02. The van der Waals surface area contributed by atoms with Gasteiger partial charge in [-0.2, -0.15) is 0 Å². The van der Waals surface area contributed by atoms with Crippen molar-refractivity contribution in [2.45, 2.75) is 0 Å². The maximum absolute atomic E-state index is 0. The van der Waals surface area contributed by atoms with Crippen LogP contribution in [0.25, 0.3) is 0 Å². The molecule has 0 radical (unpaired) electrons. The van der Waals surface area contributed by atoms with E-state index in [-0.39, 0.29) is 95.3 Å². The average Bonchev–Trinajstić information content (AvgIpc) is 0. The Morgan fingerprint density at radius 1 is 0.667 bits per heavy atom. The Morgan fingerprint density at radius 3 is 0.667 bits per heavy atom. The van der Waals surface area contributed by atoms with Crippen molar-refractivity contribution in [3.05, 3.63) is 0 Å². The number of rotatable bonds is 0. The van der Waals surface area contributed by atoms with Crippen molar-refractivity contribution in [3.63, 3.8) is 0 Å². The summed E-state index contributed by atoms with van der Waals surface area (Å²) in [5, 5.41) is 0. The van der Waals surface area contributed by atoms with Gasteiger partial charge in [-0.25, -0.2) is 0 Å². The van der Waals surface area contributed by atoms with Gasteiger partial charge in [-0.15, -0.1) is 0 Å². The van der Waals surface area contributed by atoms with Crippen molar-refractivity contribution in [1.29, 1.82) is 0 Å². The molecule has 0 bridgehead atoms. The maximum Gasteiger partial charge on any atom is 2.00 e. The summed E-state index contributed by atoms with van der Waals surface area (Å²) < 4.78 is 0. The predicted molar refractivity (Wildman–Crippen MR) is 9.37 cm³/mol. The largest absolute Gasteiger partial charge is 2.00 e. The first-order chi connectivity index (χ1) is 0. The van der Waals surface area contributed by atoms with Crippen molar-refractivity contribution in [2.24, 2.45) is 0 Å². The number of halogens is 3. The van der Waals surface area contributed by atoms with Gasteiger partial charge in [0.2, 0.25) is 0 Å². The predicted octanol–water partition coefficient (Wildman–Crippen LogP) is -13.2. The van der Waals surface area contributed by atoms with Crippen LogP contribution in [-0.2, 0) is 0 Å². The van der Waals surface area contributed by atoms with E-state index in [2.05, 4.69) is 0 Å². The second kappa shape index (κ2) is 49.0. The van der Waals surface area contributed by atoms with Crippen molar-refractivity contribution in [1.82, 2.24) is 0 Å². The Labute approximate surface area is 94.0 Å². The Balaban J connectivity index is 0. The average molecular weight is 172 g/mol. The van der Waals surface area contributed by atoms with Crippen molar-refractivity contribution in [3.8, 4) is 0 Å². The van der Waals surface area contributed by atoms with E-state index >= 15 is 0 Å². The molecule has 0 heterocycles. The van der Waals surface area contributed by atoms with Gasteiger partial charge in [-0.1, -0.05) is 0 Å². The van der Waals surface area contributed by atoms with E-state index in [4.69, 9.17) is 0 Å². The second-order valence-electron chi connectivity index (χ2n) is 0. The normalized spacial score (nSPS) is 0. The number of hydrogen-bond acceptors (Lipinski definition) is 0. The molecule has 2 N–H and O–H groups in total. The first-order valence-corrected chi connectivity index (χ1v) is 0. The monoisotopic (exact) mass is 170 g/mol.